The van der Waals surface area contributed by atoms with Gasteiger partial charge in [0.2, 0.25) is 0 Å². The number of aromatic carboxylic acids is 1. The monoisotopic (exact) mass is 434 g/mol. The Kier molecular flexibility index (Phi) is 6.56. The molecule has 3 N–H and O–H groups in total. The molecule has 1 heterocycles. The Bertz CT molecular complexity index is 1070. The third kappa shape index (κ3) is 4.84. The summed E-state index contributed by atoms with van der Waals surface area (Å²) in [5.41, 5.74) is 2.99. The van der Waals surface area contributed by atoms with Crippen molar-refractivity contribution < 1.29 is 24.5 Å². The molecule has 2 atom stereocenters. The number of aliphatic hydroxyl groups excluding tert-OH is 1. The van der Waals surface area contributed by atoms with Gasteiger partial charge in [-0.2, -0.15) is 0 Å². The van der Waals surface area contributed by atoms with E-state index >= 15 is 0 Å². The van der Waals surface area contributed by atoms with Gasteiger partial charge in [-0.1, -0.05) is 18.2 Å². The molecule has 7 nitrogen and oxygen atoms in total. The van der Waals surface area contributed by atoms with Crippen LogP contribution in [0.25, 0.3) is 11.1 Å². The van der Waals surface area contributed by atoms with Crippen LogP contribution >= 0.6 is 0 Å². The number of nitrogens with one attached hydrogen (secondary N) is 1. The second kappa shape index (κ2) is 9.70. The molecule has 2 unspecified atom stereocenters. The van der Waals surface area contributed by atoms with E-state index in [9.17, 15) is 15.0 Å². The molecule has 1 fully saturated rings. The van der Waals surface area contributed by atoms with Crippen LogP contribution in [0.15, 0.2) is 60.9 Å². The Balaban J connectivity index is 1.78. The van der Waals surface area contributed by atoms with Crippen LogP contribution in [0.4, 0.5) is 5.69 Å². The summed E-state index contributed by atoms with van der Waals surface area (Å²) in [5, 5.41) is 23.2. The van der Waals surface area contributed by atoms with Crippen molar-refractivity contribution in [3.63, 3.8) is 0 Å². The molecule has 2 aromatic carbocycles. The number of carbonyl (C=O) groups is 1. The van der Waals surface area contributed by atoms with E-state index in [2.05, 4.69) is 10.3 Å². The number of anilines is 1. The number of aromatic nitrogens is 1. The molecule has 0 saturated heterocycles. The zero-order valence-electron chi connectivity index (χ0n) is 17.8. The highest BCUT2D eigenvalue weighted by atomic mass is 16.5. The molecule has 166 valence electrons. The van der Waals surface area contributed by atoms with Gasteiger partial charge in [-0.15, -0.1) is 0 Å². The second-order valence-electron chi connectivity index (χ2n) is 7.82. The Labute approximate surface area is 186 Å². The summed E-state index contributed by atoms with van der Waals surface area (Å²) in [5.74, 6) is 0.217. The van der Waals surface area contributed by atoms with Crippen molar-refractivity contribution in [1.29, 1.82) is 0 Å². The third-order valence-electron chi connectivity index (χ3n) is 5.62. The summed E-state index contributed by atoms with van der Waals surface area (Å²) in [6.45, 7) is 0.448. The molecule has 4 rings (SSSR count). The van der Waals surface area contributed by atoms with E-state index in [4.69, 9.17) is 9.47 Å². The number of carboxylic acid groups (broad SMARTS) is 1. The van der Waals surface area contributed by atoms with Gasteiger partial charge in [0.15, 0.2) is 0 Å². The largest absolute Gasteiger partial charge is 0.497 e. The molecule has 1 aliphatic carbocycles. The fourth-order valence-corrected chi connectivity index (χ4v) is 3.99. The topological polar surface area (TPSA) is 101 Å². The number of pyridine rings is 1. The number of carboxylic acids is 1. The minimum absolute atomic E-state index is 0.122. The van der Waals surface area contributed by atoms with Crippen LogP contribution in [0.5, 0.6) is 11.5 Å². The van der Waals surface area contributed by atoms with Crippen molar-refractivity contribution >= 4 is 11.7 Å². The standard InChI is InChI=1S/C25H26N2O5/c1-31-19-7-4-17(5-8-19)23-21(25(29)30)10-11-22(32-20-9-6-18(28)13-20)24(23)27-15-16-3-2-12-26-14-16/h2-5,7-8,10-12,14,18,20,27-28H,6,9,13,15H2,1H3,(H,29,30). The van der Waals surface area contributed by atoms with E-state index in [1.807, 2.05) is 24.3 Å². The first-order chi connectivity index (χ1) is 15.5. The zero-order chi connectivity index (χ0) is 22.5. The number of ether oxygens (including phenoxy) is 2. The van der Waals surface area contributed by atoms with Crippen LogP contribution < -0.4 is 14.8 Å². The van der Waals surface area contributed by atoms with Crippen molar-refractivity contribution in [2.45, 2.75) is 38.0 Å². The smallest absolute Gasteiger partial charge is 0.336 e. The number of benzene rings is 2. The molecule has 3 aromatic rings. The minimum Gasteiger partial charge on any atom is -0.497 e. The highest BCUT2D eigenvalue weighted by Gasteiger charge is 2.27. The molecule has 7 heteroatoms. The summed E-state index contributed by atoms with van der Waals surface area (Å²) >= 11 is 0. The van der Waals surface area contributed by atoms with E-state index in [0.29, 0.717) is 42.1 Å². The Morgan fingerprint density at radius 2 is 1.97 bits per heavy atom. The van der Waals surface area contributed by atoms with Gasteiger partial charge in [0.25, 0.3) is 0 Å². The van der Waals surface area contributed by atoms with E-state index in [0.717, 1.165) is 17.5 Å². The van der Waals surface area contributed by atoms with E-state index < -0.39 is 5.97 Å². The Morgan fingerprint density at radius 1 is 1.16 bits per heavy atom. The molecule has 1 aromatic heterocycles. The number of methoxy groups -OCH3 is 1. The highest BCUT2D eigenvalue weighted by Crippen LogP contribution is 2.41. The quantitative estimate of drug-likeness (QED) is 0.484. The van der Waals surface area contributed by atoms with E-state index in [1.54, 1.807) is 43.8 Å². The van der Waals surface area contributed by atoms with Gasteiger partial charge in [0.05, 0.1) is 24.5 Å². The lowest BCUT2D eigenvalue weighted by molar-refractivity contribution is 0.0697. The van der Waals surface area contributed by atoms with Crippen LogP contribution in [0.2, 0.25) is 0 Å². The predicted octanol–water partition coefficient (Wildman–Crippen LogP) is 4.36. The maximum absolute atomic E-state index is 12.1. The summed E-state index contributed by atoms with van der Waals surface area (Å²) in [6.07, 6.45) is 4.98. The van der Waals surface area contributed by atoms with Crippen LogP contribution in [0.3, 0.4) is 0 Å². The second-order valence-corrected chi connectivity index (χ2v) is 7.82. The summed E-state index contributed by atoms with van der Waals surface area (Å²) in [4.78, 5) is 16.3. The molecule has 32 heavy (non-hydrogen) atoms. The lowest BCUT2D eigenvalue weighted by Crippen LogP contribution is -2.16. The lowest BCUT2D eigenvalue weighted by atomic mass is 9.96. The molecule has 1 aliphatic rings. The highest BCUT2D eigenvalue weighted by molar-refractivity contribution is 6.01. The van der Waals surface area contributed by atoms with Gasteiger partial charge in [-0.25, -0.2) is 4.79 Å². The summed E-state index contributed by atoms with van der Waals surface area (Å²) < 4.78 is 11.5. The fourth-order valence-electron chi connectivity index (χ4n) is 3.99. The molecule has 0 amide bonds. The van der Waals surface area contributed by atoms with Crippen molar-refractivity contribution in [3.8, 4) is 22.6 Å². The molecule has 1 saturated carbocycles. The maximum atomic E-state index is 12.1. The summed E-state index contributed by atoms with van der Waals surface area (Å²) in [7, 11) is 1.59. The SMILES string of the molecule is COc1ccc(-c2c(C(=O)O)ccc(OC3CCC(O)C3)c2NCc2cccnc2)cc1. The Hall–Kier alpha value is -3.58. The van der Waals surface area contributed by atoms with Gasteiger partial charge in [-0.05, 0) is 54.3 Å². The molecule has 0 spiro atoms. The minimum atomic E-state index is -1.02. The van der Waals surface area contributed by atoms with E-state index in [-0.39, 0.29) is 17.8 Å². The maximum Gasteiger partial charge on any atom is 0.336 e. The first-order valence-electron chi connectivity index (χ1n) is 10.6. The fraction of sp³-hybridized carbons (Fsp3) is 0.280. The molecule has 0 aliphatic heterocycles. The lowest BCUT2D eigenvalue weighted by Gasteiger charge is -2.22. The average molecular weight is 434 g/mol. The molecular weight excluding hydrogens is 408 g/mol. The van der Waals surface area contributed by atoms with Crippen molar-refractivity contribution in [2.75, 3.05) is 12.4 Å². The Morgan fingerprint density at radius 3 is 2.59 bits per heavy atom. The summed E-state index contributed by atoms with van der Waals surface area (Å²) in [6, 6.07) is 14.3. The van der Waals surface area contributed by atoms with Crippen molar-refractivity contribution in [2.24, 2.45) is 0 Å². The molecule has 0 radical (unpaired) electrons. The molecular formula is C25H26N2O5. The van der Waals surface area contributed by atoms with Crippen LogP contribution in [0.1, 0.15) is 35.2 Å². The van der Waals surface area contributed by atoms with Gasteiger partial charge in [-0.3, -0.25) is 4.98 Å². The first-order valence-corrected chi connectivity index (χ1v) is 10.6. The predicted molar refractivity (Wildman–Crippen MR) is 121 cm³/mol. The third-order valence-corrected chi connectivity index (χ3v) is 5.62. The van der Waals surface area contributed by atoms with E-state index in [1.165, 1.54) is 0 Å². The average Bonchev–Trinajstić information content (AvgIpc) is 3.23. The first kappa shape index (κ1) is 21.6. The normalized spacial score (nSPS) is 17.7. The van der Waals surface area contributed by atoms with Crippen LogP contribution in [-0.4, -0.2) is 40.5 Å². The van der Waals surface area contributed by atoms with Crippen LogP contribution in [0, 0.1) is 0 Å². The van der Waals surface area contributed by atoms with Gasteiger partial charge in [0.1, 0.15) is 17.6 Å². The number of hydrogen-bond acceptors (Lipinski definition) is 6. The zero-order valence-corrected chi connectivity index (χ0v) is 17.8. The van der Waals surface area contributed by atoms with Gasteiger partial charge < -0.3 is 25.0 Å². The van der Waals surface area contributed by atoms with Crippen LogP contribution in [-0.2, 0) is 6.54 Å². The molecule has 0 bridgehead atoms. The number of nitrogens with zero attached hydrogens (tertiary/aromatic N) is 1. The van der Waals surface area contributed by atoms with Gasteiger partial charge in [0, 0.05) is 30.9 Å². The number of aliphatic hydroxyl groups is 1. The van der Waals surface area contributed by atoms with Crippen molar-refractivity contribution in [3.05, 3.63) is 72.1 Å². The van der Waals surface area contributed by atoms with Gasteiger partial charge >= 0.3 is 5.97 Å². The number of hydrogen-bond donors (Lipinski definition) is 3. The van der Waals surface area contributed by atoms with Crippen molar-refractivity contribution in [1.82, 2.24) is 4.98 Å². The number of rotatable bonds is 8.